The van der Waals surface area contributed by atoms with Crippen LogP contribution in [0, 0.1) is 5.41 Å². The minimum absolute atomic E-state index is 0.0408. The fourth-order valence-corrected chi connectivity index (χ4v) is 2.01. The lowest BCUT2D eigenvalue weighted by Crippen LogP contribution is -2.39. The fraction of sp³-hybridized carbons (Fsp3) is 0.909. The second kappa shape index (κ2) is 4.10. The molecule has 0 radical (unpaired) electrons. The van der Waals surface area contributed by atoms with Crippen molar-refractivity contribution in [2.45, 2.75) is 44.8 Å². The Bertz CT molecular complexity index is 251. The first kappa shape index (κ1) is 10.9. The smallest absolute Gasteiger partial charge is 0.249 e. The van der Waals surface area contributed by atoms with E-state index in [4.69, 9.17) is 10.5 Å². The Labute approximate surface area is 90.5 Å². The molecule has 15 heavy (non-hydrogen) atoms. The van der Waals surface area contributed by atoms with Gasteiger partial charge in [-0.25, -0.2) is 0 Å². The Kier molecular flexibility index (Phi) is 2.98. The van der Waals surface area contributed by atoms with Crippen LogP contribution in [0.2, 0.25) is 0 Å². The summed E-state index contributed by atoms with van der Waals surface area (Å²) < 4.78 is 5.50. The molecule has 0 spiro atoms. The van der Waals surface area contributed by atoms with Crippen molar-refractivity contribution in [3.8, 4) is 0 Å². The molecule has 1 aliphatic carbocycles. The highest BCUT2D eigenvalue weighted by Gasteiger charge is 2.41. The zero-order chi connectivity index (χ0) is 10.9. The molecular formula is C11H20N2O2. The summed E-state index contributed by atoms with van der Waals surface area (Å²) in [5.41, 5.74) is 5.86. The number of carbonyl (C=O) groups is 1. The van der Waals surface area contributed by atoms with Gasteiger partial charge in [0.05, 0.1) is 6.10 Å². The van der Waals surface area contributed by atoms with E-state index in [1.165, 1.54) is 0 Å². The molecule has 0 aromatic carbocycles. The van der Waals surface area contributed by atoms with E-state index < -0.39 is 0 Å². The van der Waals surface area contributed by atoms with E-state index in [2.05, 4.69) is 5.32 Å². The van der Waals surface area contributed by atoms with Gasteiger partial charge in [-0.2, -0.15) is 0 Å². The van der Waals surface area contributed by atoms with Crippen LogP contribution in [-0.2, 0) is 9.53 Å². The highest BCUT2D eigenvalue weighted by atomic mass is 16.5. The molecular weight excluding hydrogens is 192 g/mol. The van der Waals surface area contributed by atoms with Gasteiger partial charge in [0, 0.05) is 6.54 Å². The maximum absolute atomic E-state index is 11.7. The van der Waals surface area contributed by atoms with Crippen molar-refractivity contribution in [1.29, 1.82) is 0 Å². The van der Waals surface area contributed by atoms with E-state index in [-0.39, 0.29) is 23.5 Å². The standard InChI is InChI=1S/C11H20N2O2/c1-8-2-3-9(15-8)10(14)13-7-11(6-12)4-5-11/h8-9H,2-7,12H2,1H3,(H,13,14). The van der Waals surface area contributed by atoms with Crippen molar-refractivity contribution in [2.75, 3.05) is 13.1 Å². The Morgan fingerprint density at radius 1 is 1.53 bits per heavy atom. The van der Waals surface area contributed by atoms with Gasteiger partial charge < -0.3 is 15.8 Å². The molecule has 4 nitrogen and oxygen atoms in total. The summed E-state index contributed by atoms with van der Waals surface area (Å²) >= 11 is 0. The monoisotopic (exact) mass is 212 g/mol. The van der Waals surface area contributed by atoms with Gasteiger partial charge in [-0.15, -0.1) is 0 Å². The van der Waals surface area contributed by atoms with Gasteiger partial charge in [-0.3, -0.25) is 4.79 Å². The molecule has 3 N–H and O–H groups in total. The van der Waals surface area contributed by atoms with Crippen LogP contribution >= 0.6 is 0 Å². The summed E-state index contributed by atoms with van der Waals surface area (Å²) in [4.78, 5) is 11.7. The van der Waals surface area contributed by atoms with Crippen molar-refractivity contribution in [2.24, 2.45) is 11.1 Å². The van der Waals surface area contributed by atoms with Gasteiger partial charge in [-0.1, -0.05) is 0 Å². The fourth-order valence-electron chi connectivity index (χ4n) is 2.01. The number of nitrogens with two attached hydrogens (primary N) is 1. The van der Waals surface area contributed by atoms with E-state index in [9.17, 15) is 4.79 Å². The molecule has 2 unspecified atom stereocenters. The lowest BCUT2D eigenvalue weighted by Gasteiger charge is -2.16. The molecule has 2 rings (SSSR count). The molecule has 0 aromatic heterocycles. The quantitative estimate of drug-likeness (QED) is 0.709. The lowest BCUT2D eigenvalue weighted by atomic mass is 10.1. The summed E-state index contributed by atoms with van der Waals surface area (Å²) in [5.74, 6) is 0.0408. The van der Waals surface area contributed by atoms with E-state index in [1.807, 2.05) is 6.92 Å². The topological polar surface area (TPSA) is 64.4 Å². The third-order valence-corrected chi connectivity index (χ3v) is 3.55. The maximum Gasteiger partial charge on any atom is 0.249 e. The third-order valence-electron chi connectivity index (χ3n) is 3.55. The summed E-state index contributed by atoms with van der Waals surface area (Å²) in [7, 11) is 0. The van der Waals surface area contributed by atoms with Crippen molar-refractivity contribution in [3.63, 3.8) is 0 Å². The number of ether oxygens (including phenoxy) is 1. The lowest BCUT2D eigenvalue weighted by molar-refractivity contribution is -0.131. The zero-order valence-electron chi connectivity index (χ0n) is 9.29. The molecule has 2 aliphatic rings. The Morgan fingerprint density at radius 2 is 2.27 bits per heavy atom. The molecule has 1 heterocycles. The van der Waals surface area contributed by atoms with E-state index in [0.29, 0.717) is 6.54 Å². The highest BCUT2D eigenvalue weighted by Crippen LogP contribution is 2.43. The van der Waals surface area contributed by atoms with Crippen molar-refractivity contribution in [1.82, 2.24) is 5.32 Å². The Balaban J connectivity index is 1.73. The van der Waals surface area contributed by atoms with E-state index >= 15 is 0 Å². The van der Waals surface area contributed by atoms with Gasteiger partial charge in [-0.05, 0) is 44.6 Å². The number of nitrogens with one attached hydrogen (secondary N) is 1. The molecule has 4 heteroatoms. The van der Waals surface area contributed by atoms with Crippen LogP contribution in [0.1, 0.15) is 32.6 Å². The van der Waals surface area contributed by atoms with E-state index in [0.717, 1.165) is 32.2 Å². The maximum atomic E-state index is 11.7. The number of amides is 1. The highest BCUT2D eigenvalue weighted by molar-refractivity contribution is 5.81. The van der Waals surface area contributed by atoms with Crippen molar-refractivity contribution in [3.05, 3.63) is 0 Å². The molecule has 1 amide bonds. The third kappa shape index (κ3) is 2.49. The summed E-state index contributed by atoms with van der Waals surface area (Å²) in [6, 6.07) is 0. The zero-order valence-corrected chi connectivity index (χ0v) is 9.29. The molecule has 1 saturated heterocycles. The van der Waals surface area contributed by atoms with Crippen molar-refractivity contribution < 1.29 is 9.53 Å². The molecule has 2 atom stereocenters. The number of hydrogen-bond donors (Lipinski definition) is 2. The predicted octanol–water partition coefficient (Wildman–Crippen LogP) is 0.409. The van der Waals surface area contributed by atoms with Gasteiger partial charge in [0.25, 0.3) is 0 Å². The number of carbonyl (C=O) groups excluding carboxylic acids is 1. The summed E-state index contributed by atoms with van der Waals surface area (Å²) in [6.45, 7) is 3.40. The van der Waals surface area contributed by atoms with Gasteiger partial charge in [0.2, 0.25) is 5.91 Å². The second-order valence-corrected chi connectivity index (χ2v) is 4.93. The first-order valence-electron chi connectivity index (χ1n) is 5.78. The minimum atomic E-state index is -0.228. The van der Waals surface area contributed by atoms with Crippen molar-refractivity contribution >= 4 is 5.91 Å². The first-order valence-corrected chi connectivity index (χ1v) is 5.78. The molecule has 0 aromatic rings. The van der Waals surface area contributed by atoms with Crippen LogP contribution in [0.25, 0.3) is 0 Å². The van der Waals surface area contributed by atoms with Gasteiger partial charge in [0.15, 0.2) is 0 Å². The normalized spacial score (nSPS) is 32.7. The second-order valence-electron chi connectivity index (χ2n) is 4.93. The van der Waals surface area contributed by atoms with Gasteiger partial charge in [0.1, 0.15) is 6.10 Å². The van der Waals surface area contributed by atoms with Crippen LogP contribution in [-0.4, -0.2) is 31.2 Å². The van der Waals surface area contributed by atoms with Crippen LogP contribution in [0.4, 0.5) is 0 Å². The van der Waals surface area contributed by atoms with Crippen LogP contribution in [0.5, 0.6) is 0 Å². The summed E-state index contributed by atoms with van der Waals surface area (Å²) in [5, 5.41) is 2.95. The van der Waals surface area contributed by atoms with Crippen LogP contribution < -0.4 is 11.1 Å². The van der Waals surface area contributed by atoms with E-state index in [1.54, 1.807) is 0 Å². The largest absolute Gasteiger partial charge is 0.365 e. The minimum Gasteiger partial charge on any atom is -0.365 e. The Hall–Kier alpha value is -0.610. The van der Waals surface area contributed by atoms with Crippen LogP contribution in [0.15, 0.2) is 0 Å². The SMILES string of the molecule is CC1CCC(C(=O)NCC2(CN)CC2)O1. The van der Waals surface area contributed by atoms with Crippen LogP contribution in [0.3, 0.4) is 0 Å². The summed E-state index contributed by atoms with van der Waals surface area (Å²) in [6.07, 6.45) is 4.12. The van der Waals surface area contributed by atoms with Gasteiger partial charge >= 0.3 is 0 Å². The average molecular weight is 212 g/mol. The molecule has 0 bridgehead atoms. The Morgan fingerprint density at radius 3 is 2.73 bits per heavy atom. The first-order chi connectivity index (χ1) is 7.15. The number of hydrogen-bond acceptors (Lipinski definition) is 3. The molecule has 1 saturated carbocycles. The molecule has 1 aliphatic heterocycles. The predicted molar refractivity (Wildman–Crippen MR) is 57.3 cm³/mol. The number of rotatable bonds is 4. The average Bonchev–Trinajstić information content (AvgIpc) is 2.90. The molecule has 86 valence electrons. The molecule has 2 fully saturated rings.